The molecule has 1 aromatic carbocycles. The van der Waals surface area contributed by atoms with Gasteiger partial charge in [0.15, 0.2) is 0 Å². The van der Waals surface area contributed by atoms with E-state index in [2.05, 4.69) is 9.97 Å². The number of fused-ring (bicyclic) bond motifs is 1. The van der Waals surface area contributed by atoms with Gasteiger partial charge in [-0.05, 0) is 26.0 Å². The third-order valence-electron chi connectivity index (χ3n) is 3.27. The van der Waals surface area contributed by atoms with Gasteiger partial charge in [-0.2, -0.15) is 0 Å². The van der Waals surface area contributed by atoms with E-state index < -0.39 is 5.97 Å². The molecule has 0 aliphatic carbocycles. The number of esters is 1. The van der Waals surface area contributed by atoms with Crippen molar-refractivity contribution in [2.24, 2.45) is 0 Å². The summed E-state index contributed by atoms with van der Waals surface area (Å²) in [5.41, 5.74) is 1.80. The van der Waals surface area contributed by atoms with Gasteiger partial charge in [0.1, 0.15) is 11.3 Å². The first-order chi connectivity index (χ1) is 10.5. The zero-order chi connectivity index (χ0) is 15.7. The highest BCUT2D eigenvalue weighted by molar-refractivity contribution is 5.94. The van der Waals surface area contributed by atoms with Gasteiger partial charge in [-0.3, -0.25) is 9.78 Å². The summed E-state index contributed by atoms with van der Waals surface area (Å²) in [5, 5.41) is 0.457. The molecule has 5 heteroatoms. The van der Waals surface area contributed by atoms with E-state index >= 15 is 0 Å². The van der Waals surface area contributed by atoms with Crippen molar-refractivity contribution in [3.8, 4) is 5.75 Å². The second-order valence-corrected chi connectivity index (χ2v) is 5.05. The van der Waals surface area contributed by atoms with E-state index in [1.807, 2.05) is 19.9 Å². The van der Waals surface area contributed by atoms with Crippen molar-refractivity contribution in [2.75, 3.05) is 0 Å². The zero-order valence-electron chi connectivity index (χ0n) is 12.2. The Labute approximate surface area is 126 Å². The Morgan fingerprint density at radius 1 is 1.14 bits per heavy atom. The van der Waals surface area contributed by atoms with Crippen LogP contribution in [-0.2, 0) is 0 Å². The summed E-state index contributed by atoms with van der Waals surface area (Å²) in [7, 11) is 0. The van der Waals surface area contributed by atoms with Gasteiger partial charge in [0.05, 0.1) is 0 Å². The monoisotopic (exact) mass is 294 g/mol. The van der Waals surface area contributed by atoms with Gasteiger partial charge >= 0.3 is 5.97 Å². The molecule has 0 amide bonds. The summed E-state index contributed by atoms with van der Waals surface area (Å²) in [6.45, 7) is 3.63. The fourth-order valence-electron chi connectivity index (χ4n) is 2.34. The molecule has 0 saturated heterocycles. The number of pyridine rings is 2. The lowest BCUT2D eigenvalue weighted by Crippen LogP contribution is -2.20. The van der Waals surface area contributed by atoms with E-state index in [9.17, 15) is 9.59 Å². The Morgan fingerprint density at radius 3 is 2.55 bits per heavy atom. The molecule has 0 aliphatic rings. The van der Waals surface area contributed by atoms with E-state index in [1.54, 1.807) is 30.3 Å². The number of H-pyrrole nitrogens is 1. The van der Waals surface area contributed by atoms with Crippen molar-refractivity contribution < 1.29 is 9.53 Å². The van der Waals surface area contributed by atoms with Crippen LogP contribution in [0.5, 0.6) is 5.75 Å². The van der Waals surface area contributed by atoms with Gasteiger partial charge in [-0.15, -0.1) is 0 Å². The summed E-state index contributed by atoms with van der Waals surface area (Å²) in [4.78, 5) is 31.7. The first-order valence-electron chi connectivity index (χ1n) is 6.82. The minimum atomic E-state index is -0.683. The number of hydrogen-bond acceptors (Lipinski definition) is 4. The third kappa shape index (κ3) is 2.61. The van der Waals surface area contributed by atoms with Crippen LogP contribution in [-0.4, -0.2) is 15.9 Å². The van der Waals surface area contributed by atoms with Crippen molar-refractivity contribution in [3.63, 3.8) is 0 Å². The van der Waals surface area contributed by atoms with Gasteiger partial charge in [0, 0.05) is 40.6 Å². The Balaban J connectivity index is 1.99. The molecule has 0 spiro atoms. The topological polar surface area (TPSA) is 72.1 Å². The number of nitrogens with zero attached hydrogens (tertiary/aromatic N) is 1. The number of carbonyl (C=O) groups excluding carboxylic acids is 1. The number of aromatic amines is 1. The molecule has 0 unspecified atom stereocenters. The normalized spacial score (nSPS) is 10.6. The summed E-state index contributed by atoms with van der Waals surface area (Å²) < 4.78 is 5.29. The fraction of sp³-hybridized carbons (Fsp3) is 0.118. The molecule has 22 heavy (non-hydrogen) atoms. The average Bonchev–Trinajstić information content (AvgIpc) is 2.46. The van der Waals surface area contributed by atoms with E-state index in [0.29, 0.717) is 16.7 Å². The minimum absolute atomic E-state index is 0.0224. The average molecular weight is 294 g/mol. The van der Waals surface area contributed by atoms with E-state index in [1.165, 1.54) is 6.20 Å². The first-order valence-corrected chi connectivity index (χ1v) is 6.82. The molecule has 1 N–H and O–H groups in total. The quantitative estimate of drug-likeness (QED) is 0.738. The van der Waals surface area contributed by atoms with E-state index in [0.717, 1.165) is 11.4 Å². The number of nitrogens with one attached hydrogen (secondary N) is 1. The molecule has 0 radical (unpaired) electrons. The molecule has 110 valence electrons. The Kier molecular flexibility index (Phi) is 3.47. The lowest BCUT2D eigenvalue weighted by atomic mass is 10.1. The maximum atomic E-state index is 12.4. The van der Waals surface area contributed by atoms with Crippen LogP contribution >= 0.6 is 0 Å². The Morgan fingerprint density at radius 2 is 1.82 bits per heavy atom. The van der Waals surface area contributed by atoms with Crippen LogP contribution < -0.4 is 10.2 Å². The fourth-order valence-corrected chi connectivity index (χ4v) is 2.34. The SMILES string of the molecule is Cc1cc(OC(=O)c2c[nH]c3ccccc3c2=O)cc(C)n1. The number of aromatic nitrogens is 2. The Hall–Kier alpha value is -2.95. The number of carbonyl (C=O) groups is 1. The van der Waals surface area contributed by atoms with Crippen LogP contribution in [0, 0.1) is 13.8 Å². The summed E-state index contributed by atoms with van der Waals surface area (Å²) in [5.74, 6) is -0.306. The number of benzene rings is 1. The predicted octanol–water partition coefficient (Wildman–Crippen LogP) is 2.76. The molecule has 0 bridgehead atoms. The molecule has 2 aromatic heterocycles. The zero-order valence-corrected chi connectivity index (χ0v) is 12.2. The minimum Gasteiger partial charge on any atom is -0.423 e. The summed E-state index contributed by atoms with van der Waals surface area (Å²) in [6.07, 6.45) is 1.38. The van der Waals surface area contributed by atoms with Crippen LogP contribution in [0.4, 0.5) is 0 Å². The van der Waals surface area contributed by atoms with Crippen LogP contribution in [0.3, 0.4) is 0 Å². The smallest absolute Gasteiger partial charge is 0.349 e. The lowest BCUT2D eigenvalue weighted by molar-refractivity contribution is 0.0733. The highest BCUT2D eigenvalue weighted by Gasteiger charge is 2.15. The molecule has 3 rings (SSSR count). The maximum Gasteiger partial charge on any atom is 0.349 e. The number of ether oxygens (including phenoxy) is 1. The molecule has 0 aliphatic heterocycles. The van der Waals surface area contributed by atoms with Gasteiger partial charge in [-0.1, -0.05) is 12.1 Å². The molecule has 0 fully saturated rings. The Bertz CT molecular complexity index is 908. The number of aryl methyl sites for hydroxylation is 2. The van der Waals surface area contributed by atoms with E-state index in [-0.39, 0.29) is 11.0 Å². The van der Waals surface area contributed by atoms with Crippen LogP contribution in [0.1, 0.15) is 21.7 Å². The molecule has 0 saturated carbocycles. The van der Waals surface area contributed by atoms with Gasteiger partial charge in [0.25, 0.3) is 0 Å². The van der Waals surface area contributed by atoms with Gasteiger partial charge < -0.3 is 9.72 Å². The molecule has 3 aromatic rings. The second kappa shape index (κ2) is 5.44. The lowest BCUT2D eigenvalue weighted by Gasteiger charge is -2.06. The first kappa shape index (κ1) is 14.0. The number of rotatable bonds is 2. The maximum absolute atomic E-state index is 12.4. The van der Waals surface area contributed by atoms with Crippen LogP contribution in [0.15, 0.2) is 47.4 Å². The van der Waals surface area contributed by atoms with Gasteiger partial charge in [0.2, 0.25) is 5.43 Å². The van der Waals surface area contributed by atoms with Crippen molar-refractivity contribution in [1.29, 1.82) is 0 Å². The van der Waals surface area contributed by atoms with E-state index in [4.69, 9.17) is 4.74 Å². The predicted molar refractivity (Wildman–Crippen MR) is 83.2 cm³/mol. The van der Waals surface area contributed by atoms with Crippen LogP contribution in [0.2, 0.25) is 0 Å². The highest BCUT2D eigenvalue weighted by atomic mass is 16.5. The molecular weight excluding hydrogens is 280 g/mol. The molecule has 0 atom stereocenters. The number of hydrogen-bond donors (Lipinski definition) is 1. The standard InChI is InChI=1S/C17H14N2O3/c1-10-7-12(8-11(2)19-10)22-17(21)14-9-18-15-6-4-3-5-13(15)16(14)20/h3-9H,1-2H3,(H,18,20). The third-order valence-corrected chi connectivity index (χ3v) is 3.27. The largest absolute Gasteiger partial charge is 0.423 e. The highest BCUT2D eigenvalue weighted by Crippen LogP contribution is 2.15. The van der Waals surface area contributed by atoms with Crippen molar-refractivity contribution in [1.82, 2.24) is 9.97 Å². The molecular formula is C17H14N2O3. The summed E-state index contributed by atoms with van der Waals surface area (Å²) >= 11 is 0. The van der Waals surface area contributed by atoms with Crippen molar-refractivity contribution >= 4 is 16.9 Å². The van der Waals surface area contributed by atoms with Crippen molar-refractivity contribution in [3.05, 3.63) is 69.8 Å². The second-order valence-electron chi connectivity index (χ2n) is 5.05. The number of para-hydroxylation sites is 1. The molecule has 2 heterocycles. The van der Waals surface area contributed by atoms with Crippen molar-refractivity contribution in [2.45, 2.75) is 13.8 Å². The molecule has 5 nitrogen and oxygen atoms in total. The van der Waals surface area contributed by atoms with Gasteiger partial charge in [-0.25, -0.2) is 4.79 Å². The van der Waals surface area contributed by atoms with Crippen LogP contribution in [0.25, 0.3) is 10.9 Å². The summed E-state index contributed by atoms with van der Waals surface area (Å²) in [6, 6.07) is 10.3.